The van der Waals surface area contributed by atoms with E-state index in [0.717, 1.165) is 5.56 Å². The maximum atomic E-state index is 13.7. The molecule has 110 valence electrons. The quantitative estimate of drug-likeness (QED) is 0.848. The van der Waals surface area contributed by atoms with E-state index >= 15 is 0 Å². The number of methoxy groups -OCH3 is 1. The monoisotopic (exact) mass is 309 g/mol. The van der Waals surface area contributed by atoms with Crippen molar-refractivity contribution in [2.45, 2.75) is 6.54 Å². The highest BCUT2D eigenvalue weighted by Gasteiger charge is 2.10. The van der Waals surface area contributed by atoms with Gasteiger partial charge in [0.2, 0.25) is 0 Å². The van der Waals surface area contributed by atoms with Crippen LogP contribution in [0.4, 0.5) is 10.1 Å². The summed E-state index contributed by atoms with van der Waals surface area (Å²) in [6.45, 7) is 0.293. The van der Waals surface area contributed by atoms with Gasteiger partial charge in [0.25, 0.3) is 0 Å². The van der Waals surface area contributed by atoms with Crippen molar-refractivity contribution >= 4 is 23.3 Å². The van der Waals surface area contributed by atoms with Gasteiger partial charge in [-0.25, -0.2) is 9.18 Å². The minimum Gasteiger partial charge on any atom is -0.506 e. The average Bonchev–Trinajstić information content (AvgIpc) is 2.49. The molecule has 2 N–H and O–H groups in total. The van der Waals surface area contributed by atoms with Crippen LogP contribution in [0.3, 0.4) is 0 Å². The third-order valence-electron chi connectivity index (χ3n) is 2.88. The molecule has 0 aliphatic rings. The molecule has 0 radical (unpaired) electrons. The van der Waals surface area contributed by atoms with E-state index in [2.05, 4.69) is 10.1 Å². The molecule has 0 bridgehead atoms. The van der Waals surface area contributed by atoms with Gasteiger partial charge in [0.1, 0.15) is 11.6 Å². The minimum absolute atomic E-state index is 0.0146. The summed E-state index contributed by atoms with van der Waals surface area (Å²) in [6, 6.07) is 8.62. The van der Waals surface area contributed by atoms with Crippen LogP contribution in [0, 0.1) is 5.82 Å². The van der Waals surface area contributed by atoms with Crippen LogP contribution in [0.5, 0.6) is 5.75 Å². The van der Waals surface area contributed by atoms with Crippen molar-refractivity contribution in [1.82, 2.24) is 0 Å². The molecule has 4 nitrogen and oxygen atoms in total. The smallest absolute Gasteiger partial charge is 0.337 e. The molecule has 21 heavy (non-hydrogen) atoms. The number of anilines is 1. The lowest BCUT2D eigenvalue weighted by Gasteiger charge is -2.10. The second-order valence-electron chi connectivity index (χ2n) is 4.33. The van der Waals surface area contributed by atoms with Crippen LogP contribution < -0.4 is 5.32 Å². The topological polar surface area (TPSA) is 58.6 Å². The predicted molar refractivity (Wildman–Crippen MR) is 78.2 cm³/mol. The summed E-state index contributed by atoms with van der Waals surface area (Å²) in [5, 5.41) is 12.4. The first-order valence-corrected chi connectivity index (χ1v) is 6.48. The summed E-state index contributed by atoms with van der Waals surface area (Å²) in [4.78, 5) is 11.4. The molecule has 0 fully saturated rings. The van der Waals surface area contributed by atoms with E-state index in [0.29, 0.717) is 6.54 Å². The standard InChI is InChI=1S/C15H13ClFNO3/c1-21-15(20)10-3-4-12(17)13(7-10)18-8-9-2-5-14(19)11(16)6-9/h2-7,18-19H,8H2,1H3. The molecule has 0 aromatic heterocycles. The van der Waals surface area contributed by atoms with Gasteiger partial charge in [-0.2, -0.15) is 0 Å². The Kier molecular flexibility index (Phi) is 4.65. The number of benzene rings is 2. The molecular weight excluding hydrogens is 297 g/mol. The zero-order valence-corrected chi connectivity index (χ0v) is 11.9. The Morgan fingerprint density at radius 2 is 2.10 bits per heavy atom. The molecule has 0 saturated carbocycles. The van der Waals surface area contributed by atoms with E-state index in [9.17, 15) is 14.3 Å². The van der Waals surface area contributed by atoms with Crippen LogP contribution in [-0.4, -0.2) is 18.2 Å². The number of hydrogen-bond acceptors (Lipinski definition) is 4. The molecule has 6 heteroatoms. The summed E-state index contributed by atoms with van der Waals surface area (Å²) in [7, 11) is 1.26. The van der Waals surface area contributed by atoms with Crippen LogP contribution in [0.2, 0.25) is 5.02 Å². The van der Waals surface area contributed by atoms with Gasteiger partial charge in [0, 0.05) is 6.54 Å². The second kappa shape index (κ2) is 6.45. The highest BCUT2D eigenvalue weighted by Crippen LogP contribution is 2.24. The van der Waals surface area contributed by atoms with E-state index < -0.39 is 11.8 Å². The lowest BCUT2D eigenvalue weighted by atomic mass is 10.1. The van der Waals surface area contributed by atoms with Crippen molar-refractivity contribution in [3.63, 3.8) is 0 Å². The molecule has 0 spiro atoms. The van der Waals surface area contributed by atoms with Crippen molar-refractivity contribution in [1.29, 1.82) is 0 Å². The summed E-state index contributed by atoms with van der Waals surface area (Å²) >= 11 is 5.80. The van der Waals surface area contributed by atoms with E-state index in [-0.39, 0.29) is 22.0 Å². The predicted octanol–water partition coefficient (Wildman–Crippen LogP) is 3.58. The third kappa shape index (κ3) is 3.64. The van der Waals surface area contributed by atoms with Crippen LogP contribution in [0.15, 0.2) is 36.4 Å². The van der Waals surface area contributed by atoms with Crippen molar-refractivity contribution in [3.05, 3.63) is 58.4 Å². The number of esters is 1. The van der Waals surface area contributed by atoms with E-state index in [4.69, 9.17) is 11.6 Å². The van der Waals surface area contributed by atoms with Gasteiger partial charge >= 0.3 is 5.97 Å². The fourth-order valence-corrected chi connectivity index (χ4v) is 1.97. The van der Waals surface area contributed by atoms with Crippen LogP contribution in [0.25, 0.3) is 0 Å². The number of carbonyl (C=O) groups excluding carboxylic acids is 1. The van der Waals surface area contributed by atoms with E-state index in [1.807, 2.05) is 0 Å². The van der Waals surface area contributed by atoms with Gasteiger partial charge in [-0.05, 0) is 35.9 Å². The molecule has 0 atom stereocenters. The zero-order chi connectivity index (χ0) is 15.4. The average molecular weight is 310 g/mol. The minimum atomic E-state index is -0.536. The van der Waals surface area contributed by atoms with Gasteiger partial charge in [-0.15, -0.1) is 0 Å². The molecule has 0 aliphatic heterocycles. The molecule has 2 aromatic rings. The molecule has 0 amide bonds. The summed E-state index contributed by atoms with van der Waals surface area (Å²) in [6.07, 6.45) is 0. The molecule has 0 heterocycles. The maximum Gasteiger partial charge on any atom is 0.337 e. The fourth-order valence-electron chi connectivity index (χ4n) is 1.76. The summed E-state index contributed by atoms with van der Waals surface area (Å²) in [5.41, 5.74) is 1.20. The first-order chi connectivity index (χ1) is 10.0. The highest BCUT2D eigenvalue weighted by atomic mass is 35.5. The van der Waals surface area contributed by atoms with Crippen molar-refractivity contribution < 1.29 is 19.0 Å². The number of rotatable bonds is 4. The van der Waals surface area contributed by atoms with E-state index in [1.165, 1.54) is 31.4 Å². The zero-order valence-electron chi connectivity index (χ0n) is 11.2. The molecule has 0 saturated heterocycles. The fraction of sp³-hybridized carbons (Fsp3) is 0.133. The highest BCUT2D eigenvalue weighted by molar-refractivity contribution is 6.32. The molecule has 2 rings (SSSR count). The largest absolute Gasteiger partial charge is 0.506 e. The summed E-state index contributed by atoms with van der Waals surface area (Å²) < 4.78 is 18.3. The number of phenols is 1. The van der Waals surface area contributed by atoms with Gasteiger partial charge in [0.15, 0.2) is 0 Å². The van der Waals surface area contributed by atoms with Crippen LogP contribution in [0.1, 0.15) is 15.9 Å². The Balaban J connectivity index is 2.15. The molecule has 0 aliphatic carbocycles. The Labute approximate surface area is 126 Å². The number of hydrogen-bond donors (Lipinski definition) is 2. The van der Waals surface area contributed by atoms with E-state index in [1.54, 1.807) is 12.1 Å². The van der Waals surface area contributed by atoms with Gasteiger partial charge in [0.05, 0.1) is 23.4 Å². The summed E-state index contributed by atoms with van der Waals surface area (Å²) in [5.74, 6) is -1.03. The first kappa shape index (κ1) is 15.1. The number of ether oxygens (including phenoxy) is 1. The number of nitrogens with one attached hydrogen (secondary N) is 1. The third-order valence-corrected chi connectivity index (χ3v) is 3.19. The van der Waals surface area contributed by atoms with Gasteiger partial charge < -0.3 is 15.2 Å². The first-order valence-electron chi connectivity index (χ1n) is 6.10. The number of phenolic OH excluding ortho intramolecular Hbond substituents is 1. The van der Waals surface area contributed by atoms with Crippen LogP contribution >= 0.6 is 11.6 Å². The van der Waals surface area contributed by atoms with Gasteiger partial charge in [-0.3, -0.25) is 0 Å². The second-order valence-corrected chi connectivity index (χ2v) is 4.73. The van der Waals surface area contributed by atoms with Gasteiger partial charge in [-0.1, -0.05) is 17.7 Å². The maximum absolute atomic E-state index is 13.7. The lowest BCUT2D eigenvalue weighted by Crippen LogP contribution is -2.05. The molecule has 0 unspecified atom stereocenters. The Morgan fingerprint density at radius 1 is 1.33 bits per heavy atom. The number of carbonyl (C=O) groups is 1. The van der Waals surface area contributed by atoms with Crippen molar-refractivity contribution in [3.8, 4) is 5.75 Å². The normalized spacial score (nSPS) is 10.2. The number of halogens is 2. The van der Waals surface area contributed by atoms with Crippen molar-refractivity contribution in [2.24, 2.45) is 0 Å². The van der Waals surface area contributed by atoms with Crippen molar-refractivity contribution in [2.75, 3.05) is 12.4 Å². The molecular formula is C15H13ClFNO3. The Hall–Kier alpha value is -2.27. The Bertz CT molecular complexity index is 676. The number of aromatic hydroxyl groups is 1. The lowest BCUT2D eigenvalue weighted by molar-refractivity contribution is 0.0600. The van der Waals surface area contributed by atoms with Crippen LogP contribution in [-0.2, 0) is 11.3 Å². The molecule has 2 aromatic carbocycles. The SMILES string of the molecule is COC(=O)c1ccc(F)c(NCc2ccc(O)c(Cl)c2)c1. The Morgan fingerprint density at radius 3 is 2.76 bits per heavy atom.